The van der Waals surface area contributed by atoms with Crippen LogP contribution in [-0.2, 0) is 16.0 Å². The molecule has 2 heterocycles. The molecule has 1 saturated heterocycles. The zero-order valence-electron chi connectivity index (χ0n) is 11.7. The van der Waals surface area contributed by atoms with Crippen LogP contribution in [-0.4, -0.2) is 34.8 Å². The summed E-state index contributed by atoms with van der Waals surface area (Å²) in [6, 6.07) is 9.94. The number of nitrogens with two attached hydrogens (primary N) is 1. The van der Waals surface area contributed by atoms with Crippen molar-refractivity contribution in [3.8, 4) is 0 Å². The van der Waals surface area contributed by atoms with Gasteiger partial charge in [-0.05, 0) is 24.1 Å². The highest BCUT2D eigenvalue weighted by Crippen LogP contribution is 2.20. The number of likely N-dealkylation sites (tertiary alicyclic amines) is 1. The molecule has 1 atom stereocenters. The summed E-state index contributed by atoms with van der Waals surface area (Å²) in [6.07, 6.45) is 2.78. The van der Waals surface area contributed by atoms with Gasteiger partial charge in [-0.2, -0.15) is 0 Å². The average molecular weight is 283 g/mol. The van der Waals surface area contributed by atoms with Gasteiger partial charge in [0, 0.05) is 31.1 Å². The number of primary amides is 1. The van der Waals surface area contributed by atoms with Crippen LogP contribution in [0.1, 0.15) is 12.0 Å². The first kappa shape index (κ1) is 13.5. The number of hydrogen-bond acceptors (Lipinski definition) is 3. The van der Waals surface area contributed by atoms with E-state index < -0.39 is 0 Å². The Morgan fingerprint density at radius 3 is 2.90 bits per heavy atom. The predicted molar refractivity (Wildman–Crippen MR) is 79.3 cm³/mol. The number of hydrogen-bond donors (Lipinski definition) is 1. The predicted octanol–water partition coefficient (Wildman–Crippen LogP) is 1.11. The number of benzene rings is 1. The van der Waals surface area contributed by atoms with Gasteiger partial charge in [0.25, 0.3) is 0 Å². The van der Waals surface area contributed by atoms with Gasteiger partial charge >= 0.3 is 0 Å². The third-order valence-electron chi connectivity index (χ3n) is 4.01. The summed E-state index contributed by atoms with van der Waals surface area (Å²) >= 11 is 0. The Morgan fingerprint density at radius 1 is 1.33 bits per heavy atom. The minimum absolute atomic E-state index is 0.0113. The van der Waals surface area contributed by atoms with Gasteiger partial charge in [-0.1, -0.05) is 18.2 Å². The van der Waals surface area contributed by atoms with Crippen molar-refractivity contribution >= 4 is 22.7 Å². The Kier molecular flexibility index (Phi) is 3.56. The van der Waals surface area contributed by atoms with Crippen LogP contribution in [0.25, 0.3) is 10.9 Å². The summed E-state index contributed by atoms with van der Waals surface area (Å²) in [6.45, 7) is 1.05. The second-order valence-electron chi connectivity index (χ2n) is 5.38. The lowest BCUT2D eigenvalue weighted by Gasteiger charge is -2.16. The van der Waals surface area contributed by atoms with E-state index in [-0.39, 0.29) is 24.2 Å². The summed E-state index contributed by atoms with van der Waals surface area (Å²) in [5, 5.41) is 1.11. The van der Waals surface area contributed by atoms with Crippen molar-refractivity contribution in [2.75, 3.05) is 13.1 Å². The molecule has 0 bridgehead atoms. The van der Waals surface area contributed by atoms with Crippen molar-refractivity contribution in [3.63, 3.8) is 0 Å². The number of para-hydroxylation sites is 1. The molecule has 1 aliphatic heterocycles. The van der Waals surface area contributed by atoms with E-state index in [0.29, 0.717) is 13.1 Å². The van der Waals surface area contributed by atoms with Crippen LogP contribution in [0.5, 0.6) is 0 Å². The fourth-order valence-electron chi connectivity index (χ4n) is 2.81. The fourth-order valence-corrected chi connectivity index (χ4v) is 2.81. The van der Waals surface area contributed by atoms with E-state index in [1.807, 2.05) is 30.3 Å². The van der Waals surface area contributed by atoms with E-state index >= 15 is 0 Å². The number of pyridine rings is 1. The number of rotatable bonds is 4. The van der Waals surface area contributed by atoms with Crippen LogP contribution in [0, 0.1) is 5.92 Å². The number of nitrogens with zero attached hydrogens (tertiary/aromatic N) is 2. The highest BCUT2D eigenvalue weighted by molar-refractivity contribution is 5.88. The topological polar surface area (TPSA) is 76.3 Å². The smallest absolute Gasteiger partial charge is 0.223 e. The quantitative estimate of drug-likeness (QED) is 0.913. The van der Waals surface area contributed by atoms with E-state index in [4.69, 9.17) is 5.73 Å². The highest BCUT2D eigenvalue weighted by atomic mass is 16.2. The van der Waals surface area contributed by atoms with Crippen molar-refractivity contribution in [1.29, 1.82) is 0 Å². The molecule has 2 aromatic rings. The molecule has 5 nitrogen and oxygen atoms in total. The molecule has 2 amide bonds. The maximum Gasteiger partial charge on any atom is 0.223 e. The molecule has 0 aliphatic carbocycles. The van der Waals surface area contributed by atoms with E-state index in [9.17, 15) is 9.59 Å². The molecular formula is C16H17N3O2. The Bertz CT molecular complexity index is 693. The molecule has 1 unspecified atom stereocenters. The zero-order valence-corrected chi connectivity index (χ0v) is 11.7. The molecule has 2 N–H and O–H groups in total. The maximum absolute atomic E-state index is 11.9. The fraction of sp³-hybridized carbons (Fsp3) is 0.312. The molecule has 21 heavy (non-hydrogen) atoms. The molecular weight excluding hydrogens is 266 g/mol. The van der Waals surface area contributed by atoms with Crippen molar-refractivity contribution < 1.29 is 9.59 Å². The zero-order chi connectivity index (χ0) is 14.8. The molecule has 0 spiro atoms. The molecule has 1 fully saturated rings. The second kappa shape index (κ2) is 5.52. The molecule has 5 heteroatoms. The summed E-state index contributed by atoms with van der Waals surface area (Å²) < 4.78 is 0. The number of carbonyl (C=O) groups is 2. The van der Waals surface area contributed by atoms with Crippen LogP contribution >= 0.6 is 0 Å². The lowest BCUT2D eigenvalue weighted by Crippen LogP contribution is -2.30. The first-order chi connectivity index (χ1) is 10.1. The van der Waals surface area contributed by atoms with Gasteiger partial charge in [-0.15, -0.1) is 0 Å². The van der Waals surface area contributed by atoms with Crippen LogP contribution < -0.4 is 5.73 Å². The Balaban J connectivity index is 1.73. The maximum atomic E-state index is 11.9. The van der Waals surface area contributed by atoms with Gasteiger partial charge in [-0.25, -0.2) is 0 Å². The molecule has 0 saturated carbocycles. The summed E-state index contributed by atoms with van der Waals surface area (Å²) in [4.78, 5) is 29.1. The van der Waals surface area contributed by atoms with E-state index in [1.54, 1.807) is 11.1 Å². The van der Waals surface area contributed by atoms with Gasteiger partial charge in [0.2, 0.25) is 11.8 Å². The summed E-state index contributed by atoms with van der Waals surface area (Å²) in [5.74, 6) is -0.718. The second-order valence-corrected chi connectivity index (χ2v) is 5.38. The van der Waals surface area contributed by atoms with Gasteiger partial charge in [0.1, 0.15) is 0 Å². The van der Waals surface area contributed by atoms with Crippen molar-refractivity contribution in [1.82, 2.24) is 9.88 Å². The molecule has 1 aromatic carbocycles. The molecule has 108 valence electrons. The Hall–Kier alpha value is -2.43. The largest absolute Gasteiger partial charge is 0.369 e. The first-order valence-electron chi connectivity index (χ1n) is 7.05. The minimum atomic E-state index is -0.389. The van der Waals surface area contributed by atoms with E-state index in [2.05, 4.69) is 4.98 Å². The normalized spacial score (nSPS) is 18.4. The number of fused-ring (bicyclic) bond motifs is 1. The van der Waals surface area contributed by atoms with Gasteiger partial charge in [-0.3, -0.25) is 14.6 Å². The summed E-state index contributed by atoms with van der Waals surface area (Å²) in [7, 11) is 0. The lowest BCUT2D eigenvalue weighted by molar-refractivity contribution is -0.128. The van der Waals surface area contributed by atoms with Gasteiger partial charge in [0.15, 0.2) is 0 Å². The minimum Gasteiger partial charge on any atom is -0.369 e. The Labute approximate surface area is 122 Å². The van der Waals surface area contributed by atoms with E-state index in [0.717, 1.165) is 22.9 Å². The van der Waals surface area contributed by atoms with Crippen molar-refractivity contribution in [3.05, 3.63) is 42.1 Å². The van der Waals surface area contributed by atoms with Crippen LogP contribution in [0.2, 0.25) is 0 Å². The number of carbonyl (C=O) groups excluding carboxylic acids is 2. The molecule has 3 rings (SSSR count). The first-order valence-corrected chi connectivity index (χ1v) is 7.05. The standard InChI is InChI=1S/C16H17N3O2/c17-16(21)12-9-15(20)19(10-12)8-6-11-5-7-18-14-4-2-1-3-13(11)14/h1-5,7,12H,6,8-10H2,(H2,17,21). The number of amides is 2. The van der Waals surface area contributed by atoms with Crippen LogP contribution in [0.3, 0.4) is 0 Å². The molecule has 0 radical (unpaired) electrons. The van der Waals surface area contributed by atoms with Gasteiger partial charge < -0.3 is 10.6 Å². The van der Waals surface area contributed by atoms with Gasteiger partial charge in [0.05, 0.1) is 11.4 Å². The lowest BCUT2D eigenvalue weighted by atomic mass is 10.1. The summed E-state index contributed by atoms with van der Waals surface area (Å²) in [5.41, 5.74) is 7.40. The van der Waals surface area contributed by atoms with E-state index in [1.165, 1.54) is 0 Å². The Morgan fingerprint density at radius 2 is 2.14 bits per heavy atom. The van der Waals surface area contributed by atoms with Crippen LogP contribution in [0.4, 0.5) is 0 Å². The SMILES string of the molecule is NC(=O)C1CC(=O)N(CCc2ccnc3ccccc23)C1. The van der Waals surface area contributed by atoms with Crippen molar-refractivity contribution in [2.45, 2.75) is 12.8 Å². The highest BCUT2D eigenvalue weighted by Gasteiger charge is 2.32. The monoisotopic (exact) mass is 283 g/mol. The molecule has 1 aromatic heterocycles. The third kappa shape index (κ3) is 2.72. The van der Waals surface area contributed by atoms with Crippen LogP contribution in [0.15, 0.2) is 36.5 Å². The molecule has 1 aliphatic rings. The third-order valence-corrected chi connectivity index (χ3v) is 4.01. The average Bonchev–Trinajstić information content (AvgIpc) is 2.86. The number of aromatic nitrogens is 1. The van der Waals surface area contributed by atoms with Crippen molar-refractivity contribution in [2.24, 2.45) is 11.7 Å².